The van der Waals surface area contributed by atoms with Gasteiger partial charge in [-0.05, 0) is 117 Å². The normalized spacial score (nSPS) is 25.5. The molecule has 8 heteroatoms. The number of amides is 1. The third-order valence-corrected chi connectivity index (χ3v) is 11.4. The number of aryl methyl sites for hydroxylation is 1. The van der Waals surface area contributed by atoms with E-state index in [0.717, 1.165) is 27.6 Å². The number of anilines is 2. The summed E-state index contributed by atoms with van der Waals surface area (Å²) in [7, 11) is -4.05. The van der Waals surface area contributed by atoms with Crippen LogP contribution in [0.4, 0.5) is 11.4 Å². The van der Waals surface area contributed by atoms with Gasteiger partial charge in [0.25, 0.3) is 10.0 Å². The summed E-state index contributed by atoms with van der Waals surface area (Å²) in [6.45, 7) is 1.47. The van der Waals surface area contributed by atoms with Crippen LogP contribution in [0.2, 0.25) is 10.0 Å². The van der Waals surface area contributed by atoms with Crippen LogP contribution in [0.1, 0.15) is 49.7 Å². The highest BCUT2D eigenvalue weighted by Gasteiger charge is 2.51. The number of nitrogens with zero attached hydrogens (tertiary/aromatic N) is 1. The van der Waals surface area contributed by atoms with E-state index < -0.39 is 22.5 Å². The van der Waals surface area contributed by atoms with Crippen molar-refractivity contribution in [2.75, 3.05) is 16.2 Å². The molecule has 0 unspecified atom stereocenters. The second-order valence-electron chi connectivity index (χ2n) is 11.7. The molecule has 3 aromatic rings. The lowest BCUT2D eigenvalue weighted by Gasteiger charge is -2.57. The molecule has 0 aliphatic heterocycles. The molecule has 4 aliphatic carbocycles. The number of rotatable bonds is 7. The predicted octanol–water partition coefficient (Wildman–Crippen LogP) is 7.60. The Morgan fingerprint density at radius 3 is 2.03 bits per heavy atom. The van der Waals surface area contributed by atoms with Gasteiger partial charge in [0.15, 0.2) is 0 Å². The smallest absolute Gasteiger partial charge is 0.264 e. The lowest BCUT2D eigenvalue weighted by molar-refractivity contribution is -0.114. The molecule has 0 spiro atoms. The number of benzene rings is 3. The summed E-state index contributed by atoms with van der Waals surface area (Å²) >= 11 is 12.3. The summed E-state index contributed by atoms with van der Waals surface area (Å²) in [5.41, 5.74) is 3.50. The maximum Gasteiger partial charge on any atom is 0.264 e. The van der Waals surface area contributed by atoms with E-state index in [2.05, 4.69) is 17.4 Å². The first-order chi connectivity index (χ1) is 18.6. The van der Waals surface area contributed by atoms with Crippen molar-refractivity contribution in [2.45, 2.75) is 55.8 Å². The molecule has 4 aliphatic rings. The Labute approximate surface area is 240 Å². The number of sulfonamides is 1. The van der Waals surface area contributed by atoms with E-state index in [1.807, 2.05) is 19.1 Å². The van der Waals surface area contributed by atoms with Gasteiger partial charge in [0.2, 0.25) is 5.91 Å². The van der Waals surface area contributed by atoms with Crippen LogP contribution in [-0.4, -0.2) is 20.9 Å². The number of halogens is 2. The molecule has 3 aromatic carbocycles. The van der Waals surface area contributed by atoms with Gasteiger partial charge in [-0.25, -0.2) is 8.42 Å². The number of hydrogen-bond acceptors (Lipinski definition) is 3. The van der Waals surface area contributed by atoms with E-state index in [0.29, 0.717) is 10.7 Å². The Bertz CT molecular complexity index is 1470. The molecule has 0 saturated heterocycles. The van der Waals surface area contributed by atoms with Crippen LogP contribution < -0.4 is 9.62 Å². The molecule has 5 nitrogen and oxygen atoms in total. The molecule has 1 amide bonds. The second kappa shape index (κ2) is 10.1. The molecule has 0 heterocycles. The lowest BCUT2D eigenvalue weighted by Crippen LogP contribution is -2.48. The van der Waals surface area contributed by atoms with Gasteiger partial charge in [-0.3, -0.25) is 9.10 Å². The zero-order chi connectivity index (χ0) is 27.4. The van der Waals surface area contributed by atoms with Crippen molar-refractivity contribution in [1.82, 2.24) is 0 Å². The molecule has 1 N–H and O–H groups in total. The van der Waals surface area contributed by atoms with Gasteiger partial charge in [0.05, 0.1) is 20.6 Å². The Morgan fingerprint density at radius 1 is 0.872 bits per heavy atom. The fraction of sp³-hybridized carbons (Fsp3) is 0.387. The van der Waals surface area contributed by atoms with Crippen LogP contribution >= 0.6 is 23.2 Å². The fourth-order valence-corrected chi connectivity index (χ4v) is 9.20. The average Bonchev–Trinajstić information content (AvgIpc) is 2.89. The minimum atomic E-state index is -4.05. The van der Waals surface area contributed by atoms with Gasteiger partial charge < -0.3 is 5.32 Å². The molecule has 0 aromatic heterocycles. The van der Waals surface area contributed by atoms with Crippen molar-refractivity contribution in [3.63, 3.8) is 0 Å². The molecule has 0 atom stereocenters. The van der Waals surface area contributed by atoms with Gasteiger partial charge in [0, 0.05) is 5.69 Å². The van der Waals surface area contributed by atoms with Crippen LogP contribution in [0.15, 0.2) is 71.6 Å². The van der Waals surface area contributed by atoms with Crippen molar-refractivity contribution in [3.05, 3.63) is 87.9 Å². The molecular formula is C31H32Cl2N2O3S. The Kier molecular flexibility index (Phi) is 6.93. The first-order valence-electron chi connectivity index (χ1n) is 13.6. The van der Waals surface area contributed by atoms with Crippen molar-refractivity contribution in [2.24, 2.45) is 17.8 Å². The predicted molar refractivity (Wildman–Crippen MR) is 157 cm³/mol. The monoisotopic (exact) mass is 582 g/mol. The molecule has 4 fully saturated rings. The van der Waals surface area contributed by atoms with Crippen LogP contribution in [0.3, 0.4) is 0 Å². The molecular weight excluding hydrogens is 551 g/mol. The summed E-state index contributed by atoms with van der Waals surface area (Å²) < 4.78 is 28.4. The largest absolute Gasteiger partial charge is 0.325 e. The lowest BCUT2D eigenvalue weighted by atomic mass is 9.48. The minimum absolute atomic E-state index is 0.0897. The fourth-order valence-electron chi connectivity index (χ4n) is 7.49. The number of nitrogens with one attached hydrogen (secondary N) is 1. The van der Waals surface area contributed by atoms with E-state index in [-0.39, 0.29) is 21.0 Å². The van der Waals surface area contributed by atoms with Crippen LogP contribution in [0.5, 0.6) is 0 Å². The van der Waals surface area contributed by atoms with Crippen molar-refractivity contribution in [1.29, 1.82) is 0 Å². The van der Waals surface area contributed by atoms with Gasteiger partial charge in [-0.1, -0.05) is 53.0 Å². The van der Waals surface area contributed by atoms with E-state index in [9.17, 15) is 13.2 Å². The van der Waals surface area contributed by atoms with Crippen molar-refractivity contribution in [3.8, 4) is 0 Å². The van der Waals surface area contributed by atoms with E-state index in [1.54, 1.807) is 18.2 Å². The molecule has 4 saturated carbocycles. The zero-order valence-corrected chi connectivity index (χ0v) is 24.2. The average molecular weight is 584 g/mol. The van der Waals surface area contributed by atoms with Crippen molar-refractivity contribution < 1.29 is 13.2 Å². The summed E-state index contributed by atoms with van der Waals surface area (Å²) in [6, 6.07) is 19.3. The first-order valence-corrected chi connectivity index (χ1v) is 15.8. The number of hydrogen-bond donors (Lipinski definition) is 1. The molecule has 204 valence electrons. The standard InChI is InChI=1S/C31H32Cl2N2O3S/c1-20-2-9-27(10-3-20)39(37,38)35(26-8-11-28(32)29(33)15-26)19-30(36)34-25-6-4-24(5-7-25)31-16-21-12-22(17-31)14-23(13-21)18-31/h2-11,15,21-23H,12-14,16-19H2,1H3,(H,34,36). The van der Waals surface area contributed by atoms with Crippen molar-refractivity contribution >= 4 is 50.5 Å². The Balaban J connectivity index is 1.22. The highest BCUT2D eigenvalue weighted by atomic mass is 35.5. The summed E-state index contributed by atoms with van der Waals surface area (Å²) in [5.74, 6) is 2.13. The Morgan fingerprint density at radius 2 is 1.46 bits per heavy atom. The van der Waals surface area contributed by atoms with E-state index in [4.69, 9.17) is 23.2 Å². The third kappa shape index (κ3) is 5.19. The quantitative estimate of drug-likeness (QED) is 0.312. The van der Waals surface area contributed by atoms with E-state index >= 15 is 0 Å². The van der Waals surface area contributed by atoms with Gasteiger partial charge in [-0.2, -0.15) is 0 Å². The van der Waals surface area contributed by atoms with Crippen LogP contribution in [-0.2, 0) is 20.2 Å². The van der Waals surface area contributed by atoms with Gasteiger partial charge >= 0.3 is 0 Å². The minimum Gasteiger partial charge on any atom is -0.325 e. The number of carbonyl (C=O) groups excluding carboxylic acids is 1. The van der Waals surface area contributed by atoms with Crippen LogP contribution in [0.25, 0.3) is 0 Å². The zero-order valence-electron chi connectivity index (χ0n) is 21.9. The maximum absolute atomic E-state index is 13.6. The first kappa shape index (κ1) is 26.7. The molecule has 0 radical (unpaired) electrons. The maximum atomic E-state index is 13.6. The molecule has 39 heavy (non-hydrogen) atoms. The van der Waals surface area contributed by atoms with E-state index in [1.165, 1.54) is 68.4 Å². The Hall–Kier alpha value is -2.54. The topological polar surface area (TPSA) is 66.5 Å². The van der Waals surface area contributed by atoms with Gasteiger partial charge in [-0.15, -0.1) is 0 Å². The SMILES string of the molecule is Cc1ccc(S(=O)(=O)N(CC(=O)Nc2ccc(C34CC5CC(CC(C5)C3)C4)cc2)c2ccc(Cl)c(Cl)c2)cc1. The second-order valence-corrected chi connectivity index (χ2v) is 14.4. The summed E-state index contributed by atoms with van der Waals surface area (Å²) in [5, 5.41) is 3.41. The summed E-state index contributed by atoms with van der Waals surface area (Å²) in [4.78, 5) is 13.3. The number of carbonyl (C=O) groups is 1. The van der Waals surface area contributed by atoms with Gasteiger partial charge in [0.1, 0.15) is 6.54 Å². The highest BCUT2D eigenvalue weighted by Crippen LogP contribution is 2.60. The molecule has 7 rings (SSSR count). The third-order valence-electron chi connectivity index (χ3n) is 8.91. The molecule has 4 bridgehead atoms. The van der Waals surface area contributed by atoms with Crippen LogP contribution in [0, 0.1) is 24.7 Å². The summed E-state index contributed by atoms with van der Waals surface area (Å²) in [6.07, 6.45) is 8.03. The highest BCUT2D eigenvalue weighted by molar-refractivity contribution is 7.92.